The van der Waals surface area contributed by atoms with Gasteiger partial charge < -0.3 is 25.1 Å². The number of nitrogens with zero attached hydrogens (tertiary/aromatic N) is 3. The van der Waals surface area contributed by atoms with Crippen LogP contribution in [0.1, 0.15) is 31.7 Å². The summed E-state index contributed by atoms with van der Waals surface area (Å²) < 4.78 is 0. The standard InChI is InChI=1S/C20H28N4O4/c1-13-8-17(28-22-13)10-19(26)24-12-16(25)9-18(24)20(27)21-11-14-4-6-15(7-5-14)23(2)3/h4-7,16-18,25H,8-12H2,1-3H3,(H,21,27)/t16-,17+,18+/m1/s1. The molecule has 152 valence electrons. The Bertz CT molecular complexity index is 747. The number of hydrogen-bond acceptors (Lipinski definition) is 6. The number of aliphatic hydroxyl groups excluding tert-OH is 1. The van der Waals surface area contributed by atoms with E-state index >= 15 is 0 Å². The highest BCUT2D eigenvalue weighted by Gasteiger charge is 2.39. The SMILES string of the molecule is CC1=NO[C@H](CC(=O)N2C[C@H](O)C[C@H]2C(=O)NCc2ccc(N(C)C)cc2)C1. The highest BCUT2D eigenvalue weighted by Crippen LogP contribution is 2.22. The van der Waals surface area contributed by atoms with Gasteiger partial charge in [-0.15, -0.1) is 0 Å². The fraction of sp³-hybridized carbons (Fsp3) is 0.550. The maximum Gasteiger partial charge on any atom is 0.243 e. The smallest absolute Gasteiger partial charge is 0.243 e. The number of amides is 2. The van der Waals surface area contributed by atoms with Gasteiger partial charge in [0.1, 0.15) is 12.1 Å². The first kappa shape index (κ1) is 20.1. The summed E-state index contributed by atoms with van der Waals surface area (Å²) in [5.74, 6) is -0.441. The molecule has 0 spiro atoms. The van der Waals surface area contributed by atoms with Crippen molar-refractivity contribution in [2.45, 2.75) is 51.0 Å². The van der Waals surface area contributed by atoms with Gasteiger partial charge in [0.25, 0.3) is 0 Å². The van der Waals surface area contributed by atoms with E-state index in [4.69, 9.17) is 4.84 Å². The molecule has 0 saturated carbocycles. The van der Waals surface area contributed by atoms with E-state index in [1.165, 1.54) is 4.90 Å². The highest BCUT2D eigenvalue weighted by molar-refractivity contribution is 5.89. The van der Waals surface area contributed by atoms with Crippen molar-refractivity contribution in [1.82, 2.24) is 10.2 Å². The van der Waals surface area contributed by atoms with Gasteiger partial charge in [-0.05, 0) is 24.6 Å². The molecule has 2 heterocycles. The van der Waals surface area contributed by atoms with Crippen LogP contribution >= 0.6 is 0 Å². The minimum atomic E-state index is -0.693. The molecule has 8 heteroatoms. The molecule has 0 radical (unpaired) electrons. The van der Waals surface area contributed by atoms with Crippen LogP contribution in [0.3, 0.4) is 0 Å². The first-order chi connectivity index (χ1) is 13.3. The van der Waals surface area contributed by atoms with E-state index < -0.39 is 12.1 Å². The Labute approximate surface area is 165 Å². The minimum absolute atomic E-state index is 0.156. The van der Waals surface area contributed by atoms with Crippen molar-refractivity contribution < 1.29 is 19.5 Å². The summed E-state index contributed by atoms with van der Waals surface area (Å²) >= 11 is 0. The molecule has 2 aliphatic rings. The normalized spacial score (nSPS) is 23.9. The maximum absolute atomic E-state index is 12.7. The lowest BCUT2D eigenvalue weighted by atomic mass is 10.1. The molecule has 0 aromatic heterocycles. The van der Waals surface area contributed by atoms with Gasteiger partial charge in [0.15, 0.2) is 0 Å². The molecule has 1 fully saturated rings. The van der Waals surface area contributed by atoms with Crippen LogP contribution in [0.25, 0.3) is 0 Å². The number of rotatable bonds is 6. The summed E-state index contributed by atoms with van der Waals surface area (Å²) in [4.78, 5) is 34.0. The zero-order valence-corrected chi connectivity index (χ0v) is 16.6. The average molecular weight is 388 g/mol. The number of nitrogens with one attached hydrogen (secondary N) is 1. The van der Waals surface area contributed by atoms with Gasteiger partial charge in [0, 0.05) is 45.7 Å². The highest BCUT2D eigenvalue weighted by atomic mass is 16.6. The van der Waals surface area contributed by atoms with Crippen LogP contribution in [-0.4, -0.2) is 66.4 Å². The molecule has 3 rings (SSSR count). The summed E-state index contributed by atoms with van der Waals surface area (Å²) in [6.45, 7) is 2.40. The lowest BCUT2D eigenvalue weighted by Crippen LogP contribution is -2.46. The van der Waals surface area contributed by atoms with Crippen molar-refractivity contribution in [3.8, 4) is 0 Å². The topological polar surface area (TPSA) is 94.5 Å². The summed E-state index contributed by atoms with van der Waals surface area (Å²) in [7, 11) is 3.94. The number of carbonyl (C=O) groups excluding carboxylic acids is 2. The number of carbonyl (C=O) groups is 2. The van der Waals surface area contributed by atoms with Crippen LogP contribution in [0.5, 0.6) is 0 Å². The Hall–Kier alpha value is -2.61. The van der Waals surface area contributed by atoms with Crippen molar-refractivity contribution in [1.29, 1.82) is 0 Å². The number of benzene rings is 1. The Morgan fingerprint density at radius 1 is 1.32 bits per heavy atom. The predicted octanol–water partition coefficient (Wildman–Crippen LogP) is 0.886. The second kappa shape index (κ2) is 8.60. The second-order valence-corrected chi connectivity index (χ2v) is 7.69. The molecule has 0 unspecified atom stereocenters. The van der Waals surface area contributed by atoms with Crippen molar-refractivity contribution in [2.24, 2.45) is 5.16 Å². The molecule has 0 aliphatic carbocycles. The van der Waals surface area contributed by atoms with Crippen LogP contribution in [0, 0.1) is 0 Å². The van der Waals surface area contributed by atoms with Crippen LogP contribution in [0.2, 0.25) is 0 Å². The van der Waals surface area contributed by atoms with Crippen molar-refractivity contribution in [3.05, 3.63) is 29.8 Å². The number of β-amino-alcohol motifs (C(OH)–C–C–N with tert-alkyl or cyclic N) is 1. The molecule has 0 bridgehead atoms. The number of hydrogen-bond donors (Lipinski definition) is 2. The zero-order chi connectivity index (χ0) is 20.3. The lowest BCUT2D eigenvalue weighted by molar-refractivity contribution is -0.140. The van der Waals surface area contributed by atoms with Gasteiger partial charge >= 0.3 is 0 Å². The van der Waals surface area contributed by atoms with Crippen molar-refractivity contribution in [3.63, 3.8) is 0 Å². The third-order valence-corrected chi connectivity index (χ3v) is 5.10. The van der Waals surface area contributed by atoms with Crippen molar-refractivity contribution >= 4 is 23.2 Å². The molecule has 1 aromatic carbocycles. The van der Waals surface area contributed by atoms with Gasteiger partial charge in [-0.25, -0.2) is 0 Å². The number of oxime groups is 1. The fourth-order valence-corrected chi connectivity index (χ4v) is 3.55. The Balaban J connectivity index is 1.55. The van der Waals surface area contributed by atoms with E-state index in [1.807, 2.05) is 50.2 Å². The quantitative estimate of drug-likeness (QED) is 0.755. The number of aliphatic hydroxyl groups is 1. The van der Waals surface area contributed by atoms with Gasteiger partial charge in [0.2, 0.25) is 11.8 Å². The molecule has 2 amide bonds. The van der Waals surface area contributed by atoms with Crippen LogP contribution in [0.4, 0.5) is 5.69 Å². The first-order valence-electron chi connectivity index (χ1n) is 9.54. The van der Waals surface area contributed by atoms with Crippen LogP contribution in [-0.2, 0) is 21.0 Å². The summed E-state index contributed by atoms with van der Waals surface area (Å²) in [5.41, 5.74) is 2.91. The molecule has 28 heavy (non-hydrogen) atoms. The molecular weight excluding hydrogens is 360 g/mol. The third kappa shape index (κ3) is 4.81. The van der Waals surface area contributed by atoms with Crippen molar-refractivity contribution in [2.75, 3.05) is 25.5 Å². The lowest BCUT2D eigenvalue weighted by Gasteiger charge is -2.24. The van der Waals surface area contributed by atoms with E-state index in [9.17, 15) is 14.7 Å². The molecule has 2 aliphatic heterocycles. The van der Waals surface area contributed by atoms with Gasteiger partial charge in [-0.2, -0.15) is 0 Å². The third-order valence-electron chi connectivity index (χ3n) is 5.10. The van der Waals surface area contributed by atoms with E-state index in [1.54, 1.807) is 0 Å². The Morgan fingerprint density at radius 3 is 2.64 bits per heavy atom. The van der Waals surface area contributed by atoms with Crippen LogP contribution in [0.15, 0.2) is 29.4 Å². The molecule has 2 N–H and O–H groups in total. The Morgan fingerprint density at radius 2 is 2.04 bits per heavy atom. The fourth-order valence-electron chi connectivity index (χ4n) is 3.55. The van der Waals surface area contributed by atoms with Gasteiger partial charge in [0.05, 0.1) is 18.2 Å². The molecular formula is C20H28N4O4. The second-order valence-electron chi connectivity index (χ2n) is 7.69. The minimum Gasteiger partial charge on any atom is -0.392 e. The van der Waals surface area contributed by atoms with E-state index in [0.717, 1.165) is 17.0 Å². The Kier molecular flexibility index (Phi) is 6.18. The summed E-state index contributed by atoms with van der Waals surface area (Å²) in [6.07, 6.45) is 0.0365. The number of anilines is 1. The van der Waals surface area contributed by atoms with Gasteiger partial charge in [-0.1, -0.05) is 17.3 Å². The zero-order valence-electron chi connectivity index (χ0n) is 16.6. The monoisotopic (exact) mass is 388 g/mol. The molecule has 8 nitrogen and oxygen atoms in total. The first-order valence-corrected chi connectivity index (χ1v) is 9.54. The summed E-state index contributed by atoms with van der Waals surface area (Å²) in [5, 5.41) is 16.8. The average Bonchev–Trinajstić information content (AvgIpc) is 3.25. The summed E-state index contributed by atoms with van der Waals surface area (Å²) in [6, 6.07) is 7.24. The van der Waals surface area contributed by atoms with Crippen LogP contribution < -0.4 is 10.2 Å². The maximum atomic E-state index is 12.7. The molecule has 1 saturated heterocycles. The largest absolute Gasteiger partial charge is 0.392 e. The van der Waals surface area contributed by atoms with Gasteiger partial charge in [-0.3, -0.25) is 9.59 Å². The van der Waals surface area contributed by atoms with E-state index in [0.29, 0.717) is 13.0 Å². The molecule has 1 aromatic rings. The predicted molar refractivity (Wildman–Crippen MR) is 106 cm³/mol. The number of likely N-dealkylation sites (tertiary alicyclic amines) is 1. The molecule has 3 atom stereocenters. The van der Waals surface area contributed by atoms with E-state index in [-0.39, 0.29) is 37.3 Å². The van der Waals surface area contributed by atoms with E-state index in [2.05, 4.69) is 10.5 Å².